The number of rotatable bonds is 7. The zero-order chi connectivity index (χ0) is 9.40. The van der Waals surface area contributed by atoms with Crippen molar-refractivity contribution >= 4 is 0 Å². The molecule has 1 N–H and O–H groups in total. The molecule has 0 aliphatic rings. The van der Waals surface area contributed by atoms with E-state index in [2.05, 4.69) is 6.92 Å². The van der Waals surface area contributed by atoms with Crippen molar-refractivity contribution in [3.63, 3.8) is 0 Å². The first-order chi connectivity index (χ1) is 5.70. The Hall–Kier alpha value is -0.120. The summed E-state index contributed by atoms with van der Waals surface area (Å²) in [5, 5.41) is 9.05. The van der Waals surface area contributed by atoms with E-state index in [9.17, 15) is 0 Å². The fraction of sp³-hybridized carbons (Fsp3) is 1.00. The van der Waals surface area contributed by atoms with E-state index in [1.54, 1.807) is 0 Å². The van der Waals surface area contributed by atoms with Gasteiger partial charge in [-0.25, -0.2) is 0 Å². The third-order valence-corrected chi connectivity index (χ3v) is 1.48. The van der Waals surface area contributed by atoms with E-state index in [1.165, 1.54) is 0 Å². The first kappa shape index (κ1) is 11.9. The monoisotopic (exact) mass is 176 g/mol. The molecule has 74 valence electrons. The Morgan fingerprint density at radius 1 is 1.25 bits per heavy atom. The van der Waals surface area contributed by atoms with Crippen LogP contribution in [0.1, 0.15) is 33.6 Å². The molecule has 0 amide bonds. The van der Waals surface area contributed by atoms with Crippen LogP contribution in [0, 0.1) is 0 Å². The minimum atomic E-state index is -0.641. The summed E-state index contributed by atoms with van der Waals surface area (Å²) in [6.07, 6.45) is 1.07. The van der Waals surface area contributed by atoms with Crippen molar-refractivity contribution < 1.29 is 14.6 Å². The molecule has 0 bridgehead atoms. The summed E-state index contributed by atoms with van der Waals surface area (Å²) in [5.41, 5.74) is 0. The Bertz CT molecular complexity index is 95.8. The second kappa shape index (κ2) is 7.53. The molecule has 0 rings (SSSR count). The van der Waals surface area contributed by atoms with Crippen LogP contribution < -0.4 is 0 Å². The van der Waals surface area contributed by atoms with Crippen molar-refractivity contribution in [1.29, 1.82) is 0 Å². The number of hydrogen-bond donors (Lipinski definition) is 1. The quantitative estimate of drug-likeness (QED) is 0.598. The van der Waals surface area contributed by atoms with E-state index in [4.69, 9.17) is 14.6 Å². The lowest BCUT2D eigenvalue weighted by Crippen LogP contribution is -2.21. The SMILES string of the molecule is CCCOC(C)COC(O)CC. The predicted octanol–water partition coefficient (Wildman–Crippen LogP) is 1.55. The molecule has 0 spiro atoms. The summed E-state index contributed by atoms with van der Waals surface area (Å²) in [4.78, 5) is 0. The van der Waals surface area contributed by atoms with Gasteiger partial charge in [-0.2, -0.15) is 0 Å². The Morgan fingerprint density at radius 3 is 2.42 bits per heavy atom. The van der Waals surface area contributed by atoms with Gasteiger partial charge in [0, 0.05) is 6.61 Å². The largest absolute Gasteiger partial charge is 0.376 e. The van der Waals surface area contributed by atoms with Crippen molar-refractivity contribution in [3.8, 4) is 0 Å². The number of hydrogen-bond acceptors (Lipinski definition) is 3. The Kier molecular flexibility index (Phi) is 7.45. The van der Waals surface area contributed by atoms with Crippen LogP contribution >= 0.6 is 0 Å². The highest BCUT2D eigenvalue weighted by molar-refractivity contribution is 4.47. The van der Waals surface area contributed by atoms with Crippen molar-refractivity contribution in [2.24, 2.45) is 0 Å². The van der Waals surface area contributed by atoms with E-state index in [0.29, 0.717) is 13.0 Å². The zero-order valence-electron chi connectivity index (χ0n) is 8.25. The van der Waals surface area contributed by atoms with Gasteiger partial charge in [0.15, 0.2) is 6.29 Å². The van der Waals surface area contributed by atoms with E-state index in [1.807, 2.05) is 13.8 Å². The number of aliphatic hydroxyl groups excluding tert-OH is 1. The molecule has 0 saturated heterocycles. The lowest BCUT2D eigenvalue weighted by Gasteiger charge is -2.15. The third-order valence-electron chi connectivity index (χ3n) is 1.48. The fourth-order valence-electron chi connectivity index (χ4n) is 0.732. The topological polar surface area (TPSA) is 38.7 Å². The first-order valence-corrected chi connectivity index (χ1v) is 4.62. The second-order valence-corrected chi connectivity index (χ2v) is 2.88. The van der Waals surface area contributed by atoms with Gasteiger partial charge in [0.2, 0.25) is 0 Å². The van der Waals surface area contributed by atoms with E-state index in [0.717, 1.165) is 13.0 Å². The molecule has 3 heteroatoms. The van der Waals surface area contributed by atoms with Gasteiger partial charge >= 0.3 is 0 Å². The molecule has 0 aromatic rings. The molecule has 2 atom stereocenters. The van der Waals surface area contributed by atoms with Crippen LogP contribution in [0.3, 0.4) is 0 Å². The summed E-state index contributed by atoms with van der Waals surface area (Å²) in [7, 11) is 0. The minimum Gasteiger partial charge on any atom is -0.376 e. The van der Waals surface area contributed by atoms with Crippen LogP contribution in [0.4, 0.5) is 0 Å². The predicted molar refractivity (Wildman–Crippen MR) is 48.0 cm³/mol. The van der Waals surface area contributed by atoms with Gasteiger partial charge in [0.05, 0.1) is 12.7 Å². The first-order valence-electron chi connectivity index (χ1n) is 4.62. The van der Waals surface area contributed by atoms with E-state index < -0.39 is 6.29 Å². The standard InChI is InChI=1S/C9H20O3/c1-4-6-11-8(3)7-12-9(10)5-2/h8-10H,4-7H2,1-3H3. The van der Waals surface area contributed by atoms with Gasteiger partial charge in [0.25, 0.3) is 0 Å². The Balaban J connectivity index is 3.24. The molecular weight excluding hydrogens is 156 g/mol. The van der Waals surface area contributed by atoms with Gasteiger partial charge in [0.1, 0.15) is 0 Å². The Labute approximate surface area is 74.7 Å². The lowest BCUT2D eigenvalue weighted by molar-refractivity contribution is -0.128. The average molecular weight is 176 g/mol. The maximum absolute atomic E-state index is 9.05. The smallest absolute Gasteiger partial charge is 0.154 e. The second-order valence-electron chi connectivity index (χ2n) is 2.88. The molecular formula is C9H20O3. The van der Waals surface area contributed by atoms with Gasteiger partial charge in [-0.1, -0.05) is 13.8 Å². The molecule has 0 aliphatic carbocycles. The third kappa shape index (κ3) is 6.58. The molecule has 0 aromatic carbocycles. The highest BCUT2D eigenvalue weighted by atomic mass is 16.6. The zero-order valence-corrected chi connectivity index (χ0v) is 8.25. The van der Waals surface area contributed by atoms with Crippen LogP contribution in [-0.2, 0) is 9.47 Å². The van der Waals surface area contributed by atoms with E-state index >= 15 is 0 Å². The Morgan fingerprint density at radius 2 is 1.92 bits per heavy atom. The van der Waals surface area contributed by atoms with Crippen LogP contribution in [-0.4, -0.2) is 30.7 Å². The summed E-state index contributed by atoms with van der Waals surface area (Å²) in [5.74, 6) is 0. The maximum atomic E-state index is 9.05. The molecule has 2 unspecified atom stereocenters. The highest BCUT2D eigenvalue weighted by Gasteiger charge is 2.05. The summed E-state index contributed by atoms with van der Waals surface area (Å²) >= 11 is 0. The van der Waals surface area contributed by atoms with Crippen LogP contribution in [0.15, 0.2) is 0 Å². The molecule has 0 radical (unpaired) electrons. The summed E-state index contributed by atoms with van der Waals surface area (Å²) in [6, 6.07) is 0. The van der Waals surface area contributed by atoms with Crippen LogP contribution in [0.2, 0.25) is 0 Å². The van der Waals surface area contributed by atoms with Crippen molar-refractivity contribution in [2.45, 2.75) is 46.0 Å². The van der Waals surface area contributed by atoms with Crippen LogP contribution in [0.5, 0.6) is 0 Å². The molecule has 3 nitrogen and oxygen atoms in total. The van der Waals surface area contributed by atoms with Crippen molar-refractivity contribution in [1.82, 2.24) is 0 Å². The van der Waals surface area contributed by atoms with Gasteiger partial charge in [-0.15, -0.1) is 0 Å². The van der Waals surface area contributed by atoms with Crippen LogP contribution in [0.25, 0.3) is 0 Å². The average Bonchev–Trinajstić information content (AvgIpc) is 2.10. The lowest BCUT2D eigenvalue weighted by atomic mass is 10.4. The summed E-state index contributed by atoms with van der Waals surface area (Å²) < 4.78 is 10.4. The van der Waals surface area contributed by atoms with Gasteiger partial charge in [-0.3, -0.25) is 0 Å². The highest BCUT2D eigenvalue weighted by Crippen LogP contribution is 1.98. The minimum absolute atomic E-state index is 0.0751. The van der Waals surface area contributed by atoms with Gasteiger partial charge < -0.3 is 14.6 Å². The molecule has 0 aromatic heterocycles. The molecule has 12 heavy (non-hydrogen) atoms. The maximum Gasteiger partial charge on any atom is 0.154 e. The number of aliphatic hydroxyl groups is 1. The van der Waals surface area contributed by atoms with E-state index in [-0.39, 0.29) is 6.10 Å². The fourth-order valence-corrected chi connectivity index (χ4v) is 0.732. The summed E-state index contributed by atoms with van der Waals surface area (Å²) in [6.45, 7) is 7.11. The molecule has 0 heterocycles. The molecule has 0 aliphatic heterocycles. The normalized spacial score (nSPS) is 16.0. The molecule has 0 fully saturated rings. The van der Waals surface area contributed by atoms with Gasteiger partial charge in [-0.05, 0) is 19.8 Å². The molecule has 0 saturated carbocycles. The number of ether oxygens (including phenoxy) is 2. The van der Waals surface area contributed by atoms with Crippen molar-refractivity contribution in [3.05, 3.63) is 0 Å². The van der Waals surface area contributed by atoms with Crippen molar-refractivity contribution in [2.75, 3.05) is 13.2 Å².